The monoisotopic (exact) mass is 619 g/mol. The first-order valence-corrected chi connectivity index (χ1v) is 16.5. The molecule has 8 heteroatoms. The summed E-state index contributed by atoms with van der Waals surface area (Å²) < 4.78 is 24.5. The molecule has 0 amide bonds. The Morgan fingerprint density at radius 3 is 0.841 bits per heavy atom. The Hall–Kier alpha value is -4.54. The van der Waals surface area contributed by atoms with Crippen LogP contribution in [-0.2, 0) is 4.31 Å². The summed E-state index contributed by atoms with van der Waals surface area (Å²) in [6, 6.07) is 51.9. The normalized spacial score (nSPS) is 11.2. The summed E-state index contributed by atoms with van der Waals surface area (Å²) in [5.74, 6) is 1.12. The van der Waals surface area contributed by atoms with Crippen LogP contribution in [-0.4, -0.2) is 9.79 Å². The van der Waals surface area contributed by atoms with Crippen LogP contribution in [0.4, 0.5) is 0 Å². The maximum Gasteiger partial charge on any atom is 0.725 e. The van der Waals surface area contributed by atoms with E-state index in [-0.39, 0.29) is 0 Å². The van der Waals surface area contributed by atoms with E-state index < -0.39 is 16.8 Å². The minimum absolute atomic E-state index is 0.372. The topological polar surface area (TPSA) is 77.4 Å². The third-order valence-corrected chi connectivity index (χ3v) is 9.40. The highest BCUT2D eigenvalue weighted by atomic mass is 31.3. The lowest BCUT2D eigenvalue weighted by atomic mass is 10.1. The van der Waals surface area contributed by atoms with Crippen LogP contribution in [0.1, 0.15) is 0 Å². The predicted molar refractivity (Wildman–Crippen MR) is 177 cm³/mol. The van der Waals surface area contributed by atoms with Crippen molar-refractivity contribution in [3.63, 3.8) is 0 Å². The fourth-order valence-electron chi connectivity index (χ4n) is 4.60. The molecule has 218 valence electrons. The van der Waals surface area contributed by atoms with E-state index in [0.717, 1.165) is 33.4 Å². The van der Waals surface area contributed by atoms with E-state index in [1.807, 2.05) is 127 Å². The van der Waals surface area contributed by atoms with Crippen LogP contribution in [0.15, 0.2) is 164 Å². The van der Waals surface area contributed by atoms with Crippen molar-refractivity contribution in [3.05, 3.63) is 164 Å². The van der Waals surface area contributed by atoms with Crippen LogP contribution >= 0.6 is 16.8 Å². The zero-order valence-electron chi connectivity index (χ0n) is 23.5. The molecule has 6 nitrogen and oxygen atoms in total. The molecule has 0 fully saturated rings. The van der Waals surface area contributed by atoms with E-state index in [1.54, 1.807) is 36.4 Å². The van der Waals surface area contributed by atoms with Gasteiger partial charge < -0.3 is 9.79 Å². The fraction of sp³-hybridized carbons (Fsp3) is 0. The van der Waals surface area contributed by atoms with Crippen molar-refractivity contribution in [3.8, 4) is 50.6 Å². The molecule has 0 spiro atoms. The maximum absolute atomic E-state index is 10.1. The number of hydrogen-bond acceptors (Lipinski definition) is 6. The number of benzene rings is 6. The van der Waals surface area contributed by atoms with Crippen LogP contribution in [0.5, 0.6) is 17.2 Å². The lowest BCUT2D eigenvalue weighted by molar-refractivity contribution is 0.244. The predicted octanol–water partition coefficient (Wildman–Crippen LogP) is 10.1. The quantitative estimate of drug-likeness (QED) is 0.141. The molecule has 0 saturated carbocycles. The molecule has 0 heterocycles. The Kier molecular flexibility index (Phi) is 9.28. The third kappa shape index (κ3) is 7.50. The highest BCUT2D eigenvalue weighted by Crippen LogP contribution is 2.67. The van der Waals surface area contributed by atoms with E-state index in [9.17, 15) is 9.79 Å². The second-order valence-corrected chi connectivity index (χ2v) is 12.3. The molecule has 0 atom stereocenters. The second kappa shape index (κ2) is 13.8. The maximum atomic E-state index is 10.1. The Morgan fingerprint density at radius 2 is 0.591 bits per heavy atom. The van der Waals surface area contributed by atoms with Crippen molar-refractivity contribution in [2.75, 3.05) is 0 Å². The van der Waals surface area contributed by atoms with Gasteiger partial charge in [-0.15, -0.1) is 0 Å². The van der Waals surface area contributed by atoms with Crippen LogP contribution in [0.25, 0.3) is 33.4 Å². The lowest BCUT2D eigenvalue weighted by Gasteiger charge is -2.20. The molecule has 6 rings (SSSR count). The van der Waals surface area contributed by atoms with Crippen molar-refractivity contribution in [1.29, 1.82) is 0 Å². The van der Waals surface area contributed by atoms with E-state index in [0.29, 0.717) is 17.2 Å². The molecule has 0 aliphatic rings. The summed E-state index contributed by atoms with van der Waals surface area (Å²) in [7, 11) is -6.88. The SMILES string of the molecule is OP(O)O[P+](Oc1ccc(-c2ccccc2)cc1)(Oc1ccc(-c2ccccc2)cc1)Oc1ccc(-c2ccccc2)cc1. The van der Waals surface area contributed by atoms with Gasteiger partial charge in [-0.05, 0) is 74.1 Å². The Bertz CT molecular complexity index is 1540. The third-order valence-electron chi connectivity index (χ3n) is 6.71. The van der Waals surface area contributed by atoms with Crippen molar-refractivity contribution >= 4 is 16.8 Å². The van der Waals surface area contributed by atoms with Crippen molar-refractivity contribution in [2.45, 2.75) is 0 Å². The molecular formula is C36H29O6P2+. The van der Waals surface area contributed by atoms with E-state index in [4.69, 9.17) is 17.9 Å². The van der Waals surface area contributed by atoms with Crippen molar-refractivity contribution in [2.24, 2.45) is 0 Å². The summed E-state index contributed by atoms with van der Waals surface area (Å²) in [5, 5.41) is 0. The molecule has 0 unspecified atom stereocenters. The standard InChI is InChI=1S/C36H29O6P2/c37-43(38)42-44(39-34-22-16-31(17-23-34)28-10-4-1-5-11-28,40-35-24-18-32(19-25-35)29-12-6-2-7-13-29)41-36-26-20-33(21-27-36)30-14-8-3-9-15-30/h1-27,37-38H/q+1. The van der Waals surface area contributed by atoms with E-state index in [1.165, 1.54) is 0 Å². The zero-order chi connectivity index (χ0) is 30.2. The molecule has 0 radical (unpaired) electrons. The highest BCUT2D eigenvalue weighted by Gasteiger charge is 2.58. The van der Waals surface area contributed by atoms with Crippen molar-refractivity contribution in [1.82, 2.24) is 0 Å². The van der Waals surface area contributed by atoms with Gasteiger partial charge in [-0.2, -0.15) is 0 Å². The molecule has 2 N–H and O–H groups in total. The summed E-state index contributed by atoms with van der Waals surface area (Å²) in [6.45, 7) is 0. The second-order valence-electron chi connectivity index (χ2n) is 9.73. The molecule has 0 bridgehead atoms. The zero-order valence-corrected chi connectivity index (χ0v) is 25.3. The summed E-state index contributed by atoms with van der Waals surface area (Å²) in [5.41, 5.74) is 6.12. The summed E-state index contributed by atoms with van der Waals surface area (Å²) >= 11 is 0. The average molecular weight is 620 g/mol. The molecular weight excluding hydrogens is 590 g/mol. The number of rotatable bonds is 11. The molecule has 0 aliphatic carbocycles. The van der Waals surface area contributed by atoms with Gasteiger partial charge in [-0.25, -0.2) is 13.6 Å². The van der Waals surface area contributed by atoms with Gasteiger partial charge in [0.05, 0.1) is 0 Å². The Labute approximate surface area is 258 Å². The first-order chi connectivity index (χ1) is 21.6. The van der Waals surface area contributed by atoms with Gasteiger partial charge in [0.25, 0.3) is 0 Å². The summed E-state index contributed by atoms with van der Waals surface area (Å²) in [6.07, 6.45) is 0. The molecule has 44 heavy (non-hydrogen) atoms. The van der Waals surface area contributed by atoms with Crippen LogP contribution < -0.4 is 13.6 Å². The minimum Gasteiger partial charge on any atom is -0.325 e. The minimum atomic E-state index is -3.95. The van der Waals surface area contributed by atoms with Gasteiger partial charge in [-0.3, -0.25) is 0 Å². The van der Waals surface area contributed by atoms with Gasteiger partial charge >= 0.3 is 16.8 Å². The number of hydrogen-bond donors (Lipinski definition) is 2. The molecule has 6 aromatic rings. The molecule has 0 aromatic heterocycles. The average Bonchev–Trinajstić information content (AvgIpc) is 3.07. The first kappa shape index (κ1) is 29.5. The van der Waals surface area contributed by atoms with E-state index in [2.05, 4.69) is 0 Å². The smallest absolute Gasteiger partial charge is 0.325 e. The Balaban J connectivity index is 1.32. The first-order valence-electron chi connectivity index (χ1n) is 13.9. The van der Waals surface area contributed by atoms with Crippen LogP contribution in [0.3, 0.4) is 0 Å². The van der Waals surface area contributed by atoms with Gasteiger partial charge in [0, 0.05) is 0 Å². The molecule has 0 saturated heterocycles. The molecule has 0 aliphatic heterocycles. The summed E-state index contributed by atoms with van der Waals surface area (Å²) in [4.78, 5) is 20.2. The van der Waals surface area contributed by atoms with Gasteiger partial charge in [0.15, 0.2) is 17.2 Å². The van der Waals surface area contributed by atoms with Crippen LogP contribution in [0.2, 0.25) is 0 Å². The van der Waals surface area contributed by atoms with Crippen LogP contribution in [0, 0.1) is 0 Å². The van der Waals surface area contributed by atoms with E-state index >= 15 is 0 Å². The van der Waals surface area contributed by atoms with Crippen molar-refractivity contribution < 1.29 is 27.7 Å². The largest absolute Gasteiger partial charge is 0.725 e. The fourth-order valence-corrected chi connectivity index (χ4v) is 6.97. The highest BCUT2D eigenvalue weighted by molar-refractivity contribution is 7.65. The van der Waals surface area contributed by atoms with Gasteiger partial charge in [0.2, 0.25) is 0 Å². The Morgan fingerprint density at radius 1 is 0.341 bits per heavy atom. The van der Waals surface area contributed by atoms with Gasteiger partial charge in [-0.1, -0.05) is 127 Å². The lowest BCUT2D eigenvalue weighted by Crippen LogP contribution is -2.17. The van der Waals surface area contributed by atoms with Gasteiger partial charge in [0.1, 0.15) is 0 Å². The molecule has 6 aromatic carbocycles.